The van der Waals surface area contributed by atoms with Crippen LogP contribution in [0.2, 0.25) is 0 Å². The van der Waals surface area contributed by atoms with E-state index in [1.165, 1.54) is 22.9 Å². The number of hydrogen-bond acceptors (Lipinski definition) is 4. The van der Waals surface area contributed by atoms with Crippen molar-refractivity contribution < 1.29 is 18.8 Å². The third-order valence-electron chi connectivity index (χ3n) is 5.03. The first kappa shape index (κ1) is 22.5. The Morgan fingerprint density at radius 2 is 1.87 bits per heavy atom. The van der Waals surface area contributed by atoms with Crippen LogP contribution < -0.4 is 10.6 Å². The minimum absolute atomic E-state index is 0.0930. The zero-order valence-electron chi connectivity index (χ0n) is 18.0. The van der Waals surface area contributed by atoms with Crippen LogP contribution in [0.25, 0.3) is 0 Å². The third kappa shape index (κ3) is 5.68. The molecule has 8 nitrogen and oxygen atoms in total. The Morgan fingerprint density at radius 3 is 2.55 bits per heavy atom. The fraction of sp³-hybridized carbons (Fsp3) is 0.455. The molecule has 0 aliphatic carbocycles. The Labute approximate surface area is 180 Å². The van der Waals surface area contributed by atoms with Crippen molar-refractivity contribution >= 4 is 17.7 Å². The topological polar surface area (TPSA) is 96.3 Å². The molecule has 1 unspecified atom stereocenters. The van der Waals surface area contributed by atoms with Crippen molar-refractivity contribution in [1.82, 2.24) is 25.3 Å². The van der Waals surface area contributed by atoms with Gasteiger partial charge in [0.05, 0.1) is 0 Å². The van der Waals surface area contributed by atoms with E-state index in [0.29, 0.717) is 44.2 Å². The first-order valence-corrected chi connectivity index (χ1v) is 10.4. The van der Waals surface area contributed by atoms with E-state index >= 15 is 0 Å². The molecule has 0 saturated heterocycles. The molecule has 1 aliphatic heterocycles. The predicted octanol–water partition coefficient (Wildman–Crippen LogP) is 1.96. The third-order valence-corrected chi connectivity index (χ3v) is 5.03. The Morgan fingerprint density at radius 1 is 1.16 bits per heavy atom. The molecule has 9 heteroatoms. The van der Waals surface area contributed by atoms with Gasteiger partial charge in [-0.05, 0) is 37.0 Å². The zero-order valence-corrected chi connectivity index (χ0v) is 18.0. The van der Waals surface area contributed by atoms with Gasteiger partial charge in [-0.15, -0.1) is 0 Å². The Hall–Kier alpha value is -3.23. The predicted molar refractivity (Wildman–Crippen MR) is 113 cm³/mol. The van der Waals surface area contributed by atoms with E-state index in [1.54, 1.807) is 24.0 Å². The van der Waals surface area contributed by atoms with E-state index in [1.807, 2.05) is 13.8 Å². The summed E-state index contributed by atoms with van der Waals surface area (Å²) in [7, 11) is 0. The van der Waals surface area contributed by atoms with Gasteiger partial charge in [-0.3, -0.25) is 19.1 Å². The van der Waals surface area contributed by atoms with E-state index in [9.17, 15) is 18.8 Å². The molecule has 3 amide bonds. The molecular weight excluding hydrogens is 401 g/mol. The van der Waals surface area contributed by atoms with Crippen LogP contribution in [-0.4, -0.2) is 51.5 Å². The second-order valence-electron chi connectivity index (χ2n) is 8.18. The number of carbonyl (C=O) groups is 3. The molecule has 31 heavy (non-hydrogen) atoms. The number of rotatable bonds is 7. The first-order chi connectivity index (χ1) is 14.7. The maximum absolute atomic E-state index is 13.1. The van der Waals surface area contributed by atoms with Crippen molar-refractivity contribution in [3.05, 3.63) is 53.1 Å². The van der Waals surface area contributed by atoms with Gasteiger partial charge in [0.1, 0.15) is 17.6 Å². The number of benzene rings is 1. The molecule has 166 valence electrons. The first-order valence-electron chi connectivity index (χ1n) is 10.4. The molecule has 2 N–H and O–H groups in total. The number of aryl methyl sites for hydroxylation is 1. The maximum atomic E-state index is 13.1. The number of amides is 3. The largest absolute Gasteiger partial charge is 0.354 e. The van der Waals surface area contributed by atoms with Crippen LogP contribution in [0.1, 0.15) is 53.7 Å². The molecule has 0 saturated carbocycles. The van der Waals surface area contributed by atoms with E-state index in [-0.39, 0.29) is 23.3 Å². The average Bonchev–Trinajstić information content (AvgIpc) is 3.10. The summed E-state index contributed by atoms with van der Waals surface area (Å²) in [6.07, 6.45) is 0.677. The van der Waals surface area contributed by atoms with Crippen LogP contribution in [0.4, 0.5) is 4.39 Å². The van der Waals surface area contributed by atoms with Gasteiger partial charge >= 0.3 is 0 Å². The smallest absolute Gasteiger partial charge is 0.272 e. The highest BCUT2D eigenvalue weighted by Gasteiger charge is 2.27. The number of carbonyl (C=O) groups excluding carboxylic acids is 3. The van der Waals surface area contributed by atoms with Crippen molar-refractivity contribution in [3.8, 4) is 0 Å². The van der Waals surface area contributed by atoms with Crippen molar-refractivity contribution in [2.45, 2.75) is 46.3 Å². The minimum Gasteiger partial charge on any atom is -0.354 e. The summed E-state index contributed by atoms with van der Waals surface area (Å²) in [4.78, 5) is 39.4. The summed E-state index contributed by atoms with van der Waals surface area (Å²) in [6.45, 7) is 7.47. The molecule has 0 bridgehead atoms. The number of aromatic nitrogens is 2. The number of nitrogens with one attached hydrogen (secondary N) is 2. The van der Waals surface area contributed by atoms with Gasteiger partial charge < -0.3 is 15.5 Å². The van der Waals surface area contributed by atoms with E-state index < -0.39 is 11.9 Å². The highest BCUT2D eigenvalue weighted by atomic mass is 19.1. The van der Waals surface area contributed by atoms with Gasteiger partial charge in [0.2, 0.25) is 5.91 Å². The highest BCUT2D eigenvalue weighted by Crippen LogP contribution is 2.17. The monoisotopic (exact) mass is 429 g/mol. The lowest BCUT2D eigenvalue weighted by Crippen LogP contribution is -2.45. The van der Waals surface area contributed by atoms with Crippen LogP contribution in [-0.2, 0) is 17.9 Å². The second kappa shape index (κ2) is 9.72. The molecule has 0 radical (unpaired) electrons. The molecule has 3 rings (SSSR count). The lowest BCUT2D eigenvalue weighted by Gasteiger charge is -2.20. The Balaban J connectivity index is 1.68. The summed E-state index contributed by atoms with van der Waals surface area (Å²) < 4.78 is 14.7. The fourth-order valence-electron chi connectivity index (χ4n) is 3.30. The van der Waals surface area contributed by atoms with Gasteiger partial charge in [-0.25, -0.2) is 4.39 Å². The van der Waals surface area contributed by atoms with Gasteiger partial charge in [-0.2, -0.15) is 5.10 Å². The standard InChI is InChI=1S/C22H28FN5O3/c1-14(2)12-24-20(29)15(3)25-21(30)18-11-19-22(31)27(9-4-10-28(19)26-18)13-16-5-7-17(23)8-6-16/h5-8,11,14-15H,4,9-10,12-13H2,1-3H3,(H,24,29)(H,25,30). The van der Waals surface area contributed by atoms with Crippen LogP contribution in [0, 0.1) is 11.7 Å². The van der Waals surface area contributed by atoms with Crippen LogP contribution in [0.5, 0.6) is 0 Å². The second-order valence-corrected chi connectivity index (χ2v) is 8.18. The number of halogens is 1. The summed E-state index contributed by atoms with van der Waals surface area (Å²) in [5.41, 5.74) is 1.24. The Bertz CT molecular complexity index is 955. The summed E-state index contributed by atoms with van der Waals surface area (Å²) in [5.74, 6) is -1.04. The highest BCUT2D eigenvalue weighted by molar-refractivity contribution is 5.99. The maximum Gasteiger partial charge on any atom is 0.272 e. The molecule has 1 atom stereocenters. The van der Waals surface area contributed by atoms with Gasteiger partial charge in [-0.1, -0.05) is 26.0 Å². The van der Waals surface area contributed by atoms with Crippen LogP contribution in [0.3, 0.4) is 0 Å². The summed E-state index contributed by atoms with van der Waals surface area (Å²) in [6, 6.07) is 6.76. The molecule has 1 aliphatic rings. The zero-order chi connectivity index (χ0) is 22.5. The quantitative estimate of drug-likeness (QED) is 0.703. The average molecular weight is 429 g/mol. The van der Waals surface area contributed by atoms with Gasteiger partial charge in [0, 0.05) is 32.2 Å². The van der Waals surface area contributed by atoms with Gasteiger partial charge in [0.25, 0.3) is 11.8 Å². The van der Waals surface area contributed by atoms with Crippen molar-refractivity contribution in [2.24, 2.45) is 5.92 Å². The Kier molecular flexibility index (Phi) is 7.04. The number of fused-ring (bicyclic) bond motifs is 1. The molecule has 1 aromatic heterocycles. The number of nitrogens with zero attached hydrogens (tertiary/aromatic N) is 3. The van der Waals surface area contributed by atoms with Crippen molar-refractivity contribution in [3.63, 3.8) is 0 Å². The van der Waals surface area contributed by atoms with E-state index in [4.69, 9.17) is 0 Å². The molecular formula is C22H28FN5O3. The number of hydrogen-bond donors (Lipinski definition) is 2. The minimum atomic E-state index is -0.724. The van der Waals surface area contributed by atoms with Crippen LogP contribution in [0.15, 0.2) is 30.3 Å². The molecule has 2 aromatic rings. The van der Waals surface area contributed by atoms with Crippen LogP contribution >= 0.6 is 0 Å². The summed E-state index contributed by atoms with van der Waals surface area (Å²) in [5, 5.41) is 9.68. The molecule has 0 spiro atoms. The molecule has 2 heterocycles. The normalized spacial score (nSPS) is 14.7. The fourth-order valence-corrected chi connectivity index (χ4v) is 3.30. The SMILES string of the molecule is CC(C)CNC(=O)C(C)NC(=O)c1cc2n(n1)CCCN(Cc1ccc(F)cc1)C2=O. The lowest BCUT2D eigenvalue weighted by atomic mass is 10.2. The van der Waals surface area contributed by atoms with E-state index in [0.717, 1.165) is 5.56 Å². The molecule has 0 fully saturated rings. The molecule has 1 aromatic carbocycles. The van der Waals surface area contributed by atoms with Gasteiger partial charge in [0.15, 0.2) is 5.69 Å². The van der Waals surface area contributed by atoms with Crippen molar-refractivity contribution in [1.29, 1.82) is 0 Å². The van der Waals surface area contributed by atoms with E-state index in [2.05, 4.69) is 15.7 Å². The summed E-state index contributed by atoms with van der Waals surface area (Å²) >= 11 is 0. The van der Waals surface area contributed by atoms with Crippen molar-refractivity contribution in [2.75, 3.05) is 13.1 Å². The lowest BCUT2D eigenvalue weighted by molar-refractivity contribution is -0.122.